The van der Waals surface area contributed by atoms with Crippen LogP contribution in [0.4, 0.5) is 0 Å². The number of carboxylic acids is 1. The summed E-state index contributed by atoms with van der Waals surface area (Å²) in [6.45, 7) is -0.209. The molecule has 0 saturated heterocycles. The van der Waals surface area contributed by atoms with Gasteiger partial charge >= 0.3 is 5.97 Å². The molecule has 152 valence electrons. The third kappa shape index (κ3) is 5.43. The fourth-order valence-electron chi connectivity index (χ4n) is 5.29. The monoisotopic (exact) mass is 379 g/mol. The maximum absolute atomic E-state index is 12.7. The zero-order chi connectivity index (χ0) is 19.4. The first-order valence-electron chi connectivity index (χ1n) is 10.4. The molecule has 0 spiro atoms. The van der Waals surface area contributed by atoms with Gasteiger partial charge in [-0.05, 0) is 76.0 Å². The molecule has 3 saturated carbocycles. The lowest BCUT2D eigenvalue weighted by molar-refractivity contribution is -0.146. The summed E-state index contributed by atoms with van der Waals surface area (Å²) in [5, 5.41) is 19.6. The van der Waals surface area contributed by atoms with Crippen LogP contribution in [0.25, 0.3) is 0 Å². The molecule has 4 atom stereocenters. The molecule has 0 aromatic carbocycles. The topological polar surface area (TPSA) is 126 Å². The number of nitrogens with two attached hydrogens (primary N) is 1. The molecule has 0 radical (unpaired) electrons. The van der Waals surface area contributed by atoms with Gasteiger partial charge in [0, 0.05) is 17.9 Å². The number of hydrogen-bond donors (Lipinski definition) is 4. The molecule has 0 aliphatic heterocycles. The van der Waals surface area contributed by atoms with Crippen LogP contribution < -0.4 is 11.1 Å². The normalized spacial score (nSPS) is 36.4. The molecular weight excluding hydrogens is 346 g/mol. The molecule has 27 heavy (non-hydrogen) atoms. The van der Waals surface area contributed by atoms with Gasteiger partial charge in [0.15, 0.2) is 0 Å². The molecular formula is C20H33N3O4. The second kappa shape index (κ2) is 9.04. The van der Waals surface area contributed by atoms with Gasteiger partial charge in [-0.15, -0.1) is 0 Å². The van der Waals surface area contributed by atoms with E-state index in [4.69, 9.17) is 21.0 Å². The Bertz CT molecular complexity index is 559. The van der Waals surface area contributed by atoms with E-state index in [0.717, 1.165) is 64.2 Å². The first-order chi connectivity index (χ1) is 12.9. The van der Waals surface area contributed by atoms with E-state index in [1.807, 2.05) is 0 Å². The second-order valence-corrected chi connectivity index (χ2v) is 8.68. The van der Waals surface area contributed by atoms with E-state index in [2.05, 4.69) is 5.32 Å². The van der Waals surface area contributed by atoms with Crippen molar-refractivity contribution in [1.29, 1.82) is 5.41 Å². The van der Waals surface area contributed by atoms with Crippen molar-refractivity contribution in [3.05, 3.63) is 0 Å². The van der Waals surface area contributed by atoms with Gasteiger partial charge in [-0.2, -0.15) is 0 Å². The minimum absolute atomic E-state index is 0.0594. The van der Waals surface area contributed by atoms with Gasteiger partial charge in [0.05, 0.1) is 11.9 Å². The number of hydrogen-bond acceptors (Lipinski definition) is 4. The van der Waals surface area contributed by atoms with Crippen LogP contribution in [0.2, 0.25) is 0 Å². The van der Waals surface area contributed by atoms with E-state index in [1.54, 1.807) is 0 Å². The fourth-order valence-corrected chi connectivity index (χ4v) is 5.29. The van der Waals surface area contributed by atoms with Crippen molar-refractivity contribution in [3.8, 4) is 0 Å². The second-order valence-electron chi connectivity index (χ2n) is 8.68. The molecule has 5 N–H and O–H groups in total. The standard InChI is InChI=1S/C20H33N3O4/c21-19(22)12-3-6-16(7-4-12)23-20(26)15-2-1-14-10-17(27-11-18(24)25)8-5-13(14)9-15/h12-17H,1-11H2,(H3,21,22)(H,23,26)(H,24,25). The van der Waals surface area contributed by atoms with Crippen molar-refractivity contribution in [2.75, 3.05) is 6.61 Å². The first-order valence-corrected chi connectivity index (χ1v) is 10.4. The Balaban J connectivity index is 1.41. The first kappa shape index (κ1) is 20.1. The average Bonchev–Trinajstić information content (AvgIpc) is 2.66. The van der Waals surface area contributed by atoms with Crippen molar-refractivity contribution in [1.82, 2.24) is 5.32 Å². The highest BCUT2D eigenvalue weighted by atomic mass is 16.5. The molecule has 3 aliphatic carbocycles. The smallest absolute Gasteiger partial charge is 0.329 e. The van der Waals surface area contributed by atoms with Crippen LogP contribution in [0.15, 0.2) is 0 Å². The van der Waals surface area contributed by atoms with Crippen molar-refractivity contribution in [2.45, 2.75) is 76.4 Å². The van der Waals surface area contributed by atoms with Crippen LogP contribution >= 0.6 is 0 Å². The van der Waals surface area contributed by atoms with Crippen LogP contribution in [0, 0.1) is 29.1 Å². The van der Waals surface area contributed by atoms with E-state index in [9.17, 15) is 9.59 Å². The zero-order valence-corrected chi connectivity index (χ0v) is 16.0. The summed E-state index contributed by atoms with van der Waals surface area (Å²) in [6.07, 6.45) is 9.44. The van der Waals surface area contributed by atoms with Crippen molar-refractivity contribution >= 4 is 17.7 Å². The van der Waals surface area contributed by atoms with Crippen LogP contribution in [0.5, 0.6) is 0 Å². The van der Waals surface area contributed by atoms with Gasteiger partial charge in [0.2, 0.25) is 5.91 Å². The van der Waals surface area contributed by atoms with Gasteiger partial charge in [-0.25, -0.2) is 4.79 Å². The Morgan fingerprint density at radius 1 is 0.963 bits per heavy atom. The number of amides is 1. The zero-order valence-electron chi connectivity index (χ0n) is 16.0. The molecule has 1 amide bonds. The van der Waals surface area contributed by atoms with Crippen molar-refractivity contribution < 1.29 is 19.4 Å². The van der Waals surface area contributed by atoms with E-state index in [1.165, 1.54) is 0 Å². The van der Waals surface area contributed by atoms with Crippen LogP contribution in [0.3, 0.4) is 0 Å². The van der Waals surface area contributed by atoms with Crippen molar-refractivity contribution in [3.63, 3.8) is 0 Å². The van der Waals surface area contributed by atoms with E-state index in [-0.39, 0.29) is 42.3 Å². The molecule has 3 rings (SSSR count). The SMILES string of the molecule is N=C(N)C1CCC(NC(=O)C2CCC3CC(OCC(=O)O)CCC3C2)CC1. The van der Waals surface area contributed by atoms with Crippen LogP contribution in [-0.4, -0.2) is 41.6 Å². The Kier molecular flexibility index (Phi) is 6.73. The number of amidine groups is 1. The predicted molar refractivity (Wildman–Crippen MR) is 101 cm³/mol. The number of ether oxygens (including phenoxy) is 1. The van der Waals surface area contributed by atoms with E-state index >= 15 is 0 Å². The highest BCUT2D eigenvalue weighted by Gasteiger charge is 2.38. The summed E-state index contributed by atoms with van der Waals surface area (Å²) in [5.41, 5.74) is 5.59. The fraction of sp³-hybridized carbons (Fsp3) is 0.850. The summed E-state index contributed by atoms with van der Waals surface area (Å²) < 4.78 is 5.49. The Labute approximate surface area is 160 Å². The third-order valence-electron chi connectivity index (χ3n) is 6.89. The van der Waals surface area contributed by atoms with Crippen molar-refractivity contribution in [2.24, 2.45) is 29.4 Å². The summed E-state index contributed by atoms with van der Waals surface area (Å²) in [5.74, 6) is 0.987. The molecule has 7 heteroatoms. The van der Waals surface area contributed by atoms with Gasteiger partial charge < -0.3 is 20.9 Å². The maximum atomic E-state index is 12.7. The third-order valence-corrected chi connectivity index (χ3v) is 6.89. The molecule has 0 aromatic rings. The Morgan fingerprint density at radius 2 is 1.59 bits per heavy atom. The minimum Gasteiger partial charge on any atom is -0.480 e. The number of aliphatic carboxylic acids is 1. The van der Waals surface area contributed by atoms with Gasteiger partial charge in [0.25, 0.3) is 0 Å². The number of nitrogens with one attached hydrogen (secondary N) is 2. The summed E-state index contributed by atoms with van der Waals surface area (Å²) in [4.78, 5) is 23.4. The molecule has 3 aliphatic rings. The largest absolute Gasteiger partial charge is 0.480 e. The number of carbonyl (C=O) groups excluding carboxylic acids is 1. The highest BCUT2D eigenvalue weighted by Crippen LogP contribution is 2.43. The Hall–Kier alpha value is -1.63. The number of carbonyl (C=O) groups is 2. The van der Waals surface area contributed by atoms with Gasteiger partial charge in [-0.1, -0.05) is 0 Å². The number of fused-ring (bicyclic) bond motifs is 1. The molecule has 0 bridgehead atoms. The number of carboxylic acid groups (broad SMARTS) is 1. The minimum atomic E-state index is -0.908. The number of rotatable bonds is 6. The predicted octanol–water partition coefficient (Wildman–Crippen LogP) is 2.28. The molecule has 0 aromatic heterocycles. The van der Waals surface area contributed by atoms with Crippen LogP contribution in [0.1, 0.15) is 64.2 Å². The lowest BCUT2D eigenvalue weighted by Gasteiger charge is -2.41. The maximum Gasteiger partial charge on any atom is 0.329 e. The average molecular weight is 380 g/mol. The van der Waals surface area contributed by atoms with Gasteiger partial charge in [-0.3, -0.25) is 10.2 Å². The molecule has 3 fully saturated rings. The lowest BCUT2D eigenvalue weighted by atomic mass is 9.66. The molecule has 4 unspecified atom stereocenters. The summed E-state index contributed by atoms with van der Waals surface area (Å²) in [7, 11) is 0. The van der Waals surface area contributed by atoms with Gasteiger partial charge in [0.1, 0.15) is 6.61 Å². The molecule has 7 nitrogen and oxygen atoms in total. The Morgan fingerprint density at radius 3 is 2.26 bits per heavy atom. The lowest BCUT2D eigenvalue weighted by Crippen LogP contribution is -2.44. The molecule has 0 heterocycles. The quantitative estimate of drug-likeness (QED) is 0.416. The van der Waals surface area contributed by atoms with E-state index < -0.39 is 5.97 Å². The highest BCUT2D eigenvalue weighted by molar-refractivity contribution is 5.80. The van der Waals surface area contributed by atoms with Crippen LogP contribution in [-0.2, 0) is 14.3 Å². The summed E-state index contributed by atoms with van der Waals surface area (Å²) >= 11 is 0. The van der Waals surface area contributed by atoms with E-state index in [0.29, 0.717) is 11.8 Å². The summed E-state index contributed by atoms with van der Waals surface area (Å²) in [6, 6.07) is 0.228.